The van der Waals surface area contributed by atoms with Crippen molar-refractivity contribution in [3.63, 3.8) is 0 Å². The number of nitrogens with one attached hydrogen (secondary N) is 1. The number of pyridine rings is 1. The van der Waals surface area contributed by atoms with E-state index in [1.54, 1.807) is 6.07 Å². The van der Waals surface area contributed by atoms with Crippen LogP contribution in [0.25, 0.3) is 22.4 Å². The summed E-state index contributed by atoms with van der Waals surface area (Å²) in [6, 6.07) is 12.8. The molecule has 1 aliphatic carbocycles. The Morgan fingerprint density at radius 2 is 1.96 bits per heavy atom. The Hall–Kier alpha value is -3.15. The zero-order chi connectivity index (χ0) is 19.5. The van der Waals surface area contributed by atoms with Crippen LogP contribution < -0.4 is 5.32 Å². The number of furan rings is 1. The second-order valence-electron chi connectivity index (χ2n) is 7.11. The molecule has 6 nitrogen and oxygen atoms in total. The molecule has 0 unspecified atom stereocenters. The molecule has 2 aromatic heterocycles. The number of carbonyl (C=O) groups excluding carboxylic acids is 2. The number of esters is 1. The lowest BCUT2D eigenvalue weighted by atomic mass is 10.1. The van der Waals surface area contributed by atoms with Gasteiger partial charge in [0.25, 0.3) is 5.91 Å². The first-order chi connectivity index (χ1) is 13.6. The van der Waals surface area contributed by atoms with E-state index in [1.807, 2.05) is 43.3 Å². The Morgan fingerprint density at radius 1 is 1.18 bits per heavy atom. The molecule has 1 amide bonds. The van der Waals surface area contributed by atoms with Gasteiger partial charge < -0.3 is 14.5 Å². The minimum atomic E-state index is -0.551. The SMILES string of the molecule is Cc1ccc(-c2cc(C(=O)OCC(=O)NC3CCCC3)c3ccccc3n2)o1. The van der Waals surface area contributed by atoms with Crippen LogP contribution in [0.15, 0.2) is 46.9 Å². The first kappa shape index (κ1) is 18.2. The number of para-hydroxylation sites is 1. The van der Waals surface area contributed by atoms with Gasteiger partial charge in [-0.15, -0.1) is 0 Å². The van der Waals surface area contributed by atoms with Gasteiger partial charge in [-0.2, -0.15) is 0 Å². The molecule has 1 saturated carbocycles. The highest BCUT2D eigenvalue weighted by atomic mass is 16.5. The van der Waals surface area contributed by atoms with Crippen molar-refractivity contribution in [1.82, 2.24) is 10.3 Å². The van der Waals surface area contributed by atoms with Crippen molar-refractivity contribution in [2.75, 3.05) is 6.61 Å². The molecule has 1 fully saturated rings. The first-order valence-electron chi connectivity index (χ1n) is 9.53. The number of nitrogens with zero attached hydrogens (tertiary/aromatic N) is 1. The lowest BCUT2D eigenvalue weighted by Crippen LogP contribution is -2.35. The Bertz CT molecular complexity index is 1020. The number of aromatic nitrogens is 1. The van der Waals surface area contributed by atoms with Crippen LogP contribution in [0.2, 0.25) is 0 Å². The summed E-state index contributed by atoms with van der Waals surface area (Å²) in [5.74, 6) is 0.527. The first-order valence-corrected chi connectivity index (χ1v) is 9.53. The maximum Gasteiger partial charge on any atom is 0.339 e. The van der Waals surface area contributed by atoms with Crippen molar-refractivity contribution in [2.24, 2.45) is 0 Å². The van der Waals surface area contributed by atoms with Gasteiger partial charge >= 0.3 is 5.97 Å². The molecule has 3 aromatic rings. The summed E-state index contributed by atoms with van der Waals surface area (Å²) in [7, 11) is 0. The number of ether oxygens (including phenoxy) is 1. The van der Waals surface area contributed by atoms with Gasteiger partial charge in [0.2, 0.25) is 0 Å². The predicted octanol–water partition coefficient (Wildman–Crippen LogP) is 4.02. The van der Waals surface area contributed by atoms with E-state index in [-0.39, 0.29) is 18.6 Å². The number of amides is 1. The Morgan fingerprint density at radius 3 is 2.71 bits per heavy atom. The number of fused-ring (bicyclic) bond motifs is 1. The number of rotatable bonds is 5. The fraction of sp³-hybridized carbons (Fsp3) is 0.318. The largest absolute Gasteiger partial charge is 0.460 e. The molecular weight excluding hydrogens is 356 g/mol. The molecule has 0 saturated heterocycles. The van der Waals surface area contributed by atoms with Gasteiger partial charge in [0.05, 0.1) is 11.1 Å². The van der Waals surface area contributed by atoms with E-state index in [9.17, 15) is 9.59 Å². The molecule has 0 aliphatic heterocycles. The highest BCUT2D eigenvalue weighted by Gasteiger charge is 2.20. The summed E-state index contributed by atoms with van der Waals surface area (Å²) < 4.78 is 10.9. The molecule has 0 atom stereocenters. The van der Waals surface area contributed by atoms with E-state index in [0.717, 1.165) is 31.4 Å². The van der Waals surface area contributed by atoms with Crippen molar-refractivity contribution in [2.45, 2.75) is 38.6 Å². The van der Waals surface area contributed by atoms with Crippen LogP contribution in [0.5, 0.6) is 0 Å². The van der Waals surface area contributed by atoms with Crippen LogP contribution in [0.4, 0.5) is 0 Å². The van der Waals surface area contributed by atoms with Crippen LogP contribution >= 0.6 is 0 Å². The average Bonchev–Trinajstić information content (AvgIpc) is 3.37. The molecule has 6 heteroatoms. The third-order valence-corrected chi connectivity index (χ3v) is 4.98. The zero-order valence-electron chi connectivity index (χ0n) is 15.7. The monoisotopic (exact) mass is 378 g/mol. The van der Waals surface area contributed by atoms with Gasteiger partial charge in [0.15, 0.2) is 12.4 Å². The van der Waals surface area contributed by atoms with E-state index in [1.165, 1.54) is 0 Å². The number of carbonyl (C=O) groups is 2. The van der Waals surface area contributed by atoms with Gasteiger partial charge in [0, 0.05) is 11.4 Å². The highest BCUT2D eigenvalue weighted by molar-refractivity contribution is 6.05. The van der Waals surface area contributed by atoms with E-state index in [4.69, 9.17) is 9.15 Å². The quantitative estimate of drug-likeness (QED) is 0.678. The van der Waals surface area contributed by atoms with Gasteiger partial charge in [-0.05, 0) is 44.0 Å². The lowest BCUT2D eigenvalue weighted by Gasteiger charge is -2.12. The second kappa shape index (κ2) is 7.84. The van der Waals surface area contributed by atoms with Crippen molar-refractivity contribution in [3.8, 4) is 11.5 Å². The van der Waals surface area contributed by atoms with E-state index in [2.05, 4.69) is 10.3 Å². The van der Waals surface area contributed by atoms with Gasteiger partial charge in [-0.1, -0.05) is 31.0 Å². The van der Waals surface area contributed by atoms with Gasteiger partial charge in [-0.25, -0.2) is 9.78 Å². The normalized spacial score (nSPS) is 14.3. The van der Waals surface area contributed by atoms with Crippen LogP contribution in [-0.2, 0) is 9.53 Å². The van der Waals surface area contributed by atoms with Crippen LogP contribution in [0.3, 0.4) is 0 Å². The van der Waals surface area contributed by atoms with Crippen molar-refractivity contribution in [3.05, 3.63) is 53.8 Å². The molecule has 0 spiro atoms. The van der Waals surface area contributed by atoms with E-state index in [0.29, 0.717) is 27.9 Å². The fourth-order valence-electron chi connectivity index (χ4n) is 3.59. The zero-order valence-corrected chi connectivity index (χ0v) is 15.7. The minimum Gasteiger partial charge on any atom is -0.460 e. The predicted molar refractivity (Wildman–Crippen MR) is 105 cm³/mol. The van der Waals surface area contributed by atoms with Crippen molar-refractivity contribution in [1.29, 1.82) is 0 Å². The standard InChI is InChI=1S/C22H22N2O4/c1-14-10-11-20(28-14)19-12-17(16-8-4-5-9-18(16)24-19)22(26)27-13-21(25)23-15-6-2-3-7-15/h4-5,8-12,15H,2-3,6-7,13H2,1H3,(H,23,25). The Balaban J connectivity index is 1.56. The molecular formula is C22H22N2O4. The molecule has 0 radical (unpaired) electrons. The number of hydrogen-bond donors (Lipinski definition) is 1. The summed E-state index contributed by atoms with van der Waals surface area (Å²) in [4.78, 5) is 29.4. The van der Waals surface area contributed by atoms with Gasteiger partial charge in [-0.3, -0.25) is 4.79 Å². The average molecular weight is 378 g/mol. The third-order valence-electron chi connectivity index (χ3n) is 4.98. The summed E-state index contributed by atoms with van der Waals surface area (Å²) in [5, 5.41) is 3.60. The maximum atomic E-state index is 12.7. The summed E-state index contributed by atoms with van der Waals surface area (Å²) in [6.45, 7) is 1.56. The summed E-state index contributed by atoms with van der Waals surface area (Å²) >= 11 is 0. The number of aryl methyl sites for hydroxylation is 1. The van der Waals surface area contributed by atoms with Crippen molar-refractivity contribution >= 4 is 22.8 Å². The van der Waals surface area contributed by atoms with Gasteiger partial charge in [0.1, 0.15) is 11.5 Å². The third kappa shape index (κ3) is 3.91. The number of hydrogen-bond acceptors (Lipinski definition) is 5. The van der Waals surface area contributed by atoms with E-state index < -0.39 is 5.97 Å². The maximum absolute atomic E-state index is 12.7. The summed E-state index contributed by atoms with van der Waals surface area (Å²) in [5.41, 5.74) is 1.58. The Kier molecular flexibility index (Phi) is 5.10. The highest BCUT2D eigenvalue weighted by Crippen LogP contribution is 2.26. The van der Waals surface area contributed by atoms with E-state index >= 15 is 0 Å². The smallest absolute Gasteiger partial charge is 0.339 e. The second-order valence-corrected chi connectivity index (χ2v) is 7.11. The molecule has 144 valence electrons. The van der Waals surface area contributed by atoms with Crippen LogP contribution in [-0.4, -0.2) is 29.5 Å². The fourth-order valence-corrected chi connectivity index (χ4v) is 3.59. The topological polar surface area (TPSA) is 81.4 Å². The minimum absolute atomic E-state index is 0.196. The van der Waals surface area contributed by atoms with Crippen LogP contribution in [0, 0.1) is 6.92 Å². The molecule has 1 N–H and O–H groups in total. The molecule has 2 heterocycles. The Labute approximate surface area is 162 Å². The molecule has 28 heavy (non-hydrogen) atoms. The summed E-state index contributed by atoms with van der Waals surface area (Å²) in [6.07, 6.45) is 4.23. The molecule has 4 rings (SSSR count). The molecule has 1 aromatic carbocycles. The van der Waals surface area contributed by atoms with Crippen molar-refractivity contribution < 1.29 is 18.7 Å². The molecule has 0 bridgehead atoms. The lowest BCUT2D eigenvalue weighted by molar-refractivity contribution is -0.124. The molecule has 1 aliphatic rings. The van der Waals surface area contributed by atoms with Crippen LogP contribution in [0.1, 0.15) is 41.8 Å². The number of benzene rings is 1.